The third-order valence-electron chi connectivity index (χ3n) is 3.45. The lowest BCUT2D eigenvalue weighted by Crippen LogP contribution is -2.36. The van der Waals surface area contributed by atoms with Crippen molar-refractivity contribution >= 4 is 34.9 Å². The standard InChI is InChI=1S/C18H23N3O2S2/c1-12(2)16(22)19-8-9-20-17(23)15-7-5-4-6-14(15)11-25-18-21-13(3)10-24-18/h4-7,10,12H,8-9,11H2,1-3H3,(H,19,22)(H,20,23). The van der Waals surface area contributed by atoms with Gasteiger partial charge in [0.15, 0.2) is 0 Å². The minimum absolute atomic E-state index is 0.00945. The number of aromatic nitrogens is 1. The van der Waals surface area contributed by atoms with Crippen LogP contribution in [-0.2, 0) is 10.5 Å². The number of carbonyl (C=O) groups excluding carboxylic acids is 2. The number of hydrogen-bond donors (Lipinski definition) is 2. The van der Waals surface area contributed by atoms with Gasteiger partial charge in [-0.05, 0) is 18.6 Å². The van der Waals surface area contributed by atoms with Crippen LogP contribution in [0.15, 0.2) is 34.0 Å². The van der Waals surface area contributed by atoms with E-state index in [-0.39, 0.29) is 17.7 Å². The van der Waals surface area contributed by atoms with E-state index in [1.807, 2.05) is 50.4 Å². The lowest BCUT2D eigenvalue weighted by Gasteiger charge is -2.11. The molecular formula is C18H23N3O2S2. The van der Waals surface area contributed by atoms with Gasteiger partial charge in [0, 0.05) is 41.4 Å². The van der Waals surface area contributed by atoms with Gasteiger partial charge in [0.1, 0.15) is 4.34 Å². The molecule has 0 radical (unpaired) electrons. The van der Waals surface area contributed by atoms with Crippen molar-refractivity contribution in [1.29, 1.82) is 0 Å². The van der Waals surface area contributed by atoms with Crippen LogP contribution in [-0.4, -0.2) is 29.9 Å². The van der Waals surface area contributed by atoms with E-state index in [1.54, 1.807) is 23.1 Å². The maximum Gasteiger partial charge on any atom is 0.251 e. The Morgan fingerprint density at radius 3 is 2.60 bits per heavy atom. The highest BCUT2D eigenvalue weighted by Crippen LogP contribution is 2.27. The Kier molecular flexibility index (Phi) is 7.46. The SMILES string of the molecule is Cc1csc(SCc2ccccc2C(=O)NCCNC(=O)C(C)C)n1. The van der Waals surface area contributed by atoms with Crippen molar-refractivity contribution in [3.63, 3.8) is 0 Å². The van der Waals surface area contributed by atoms with Crippen molar-refractivity contribution in [1.82, 2.24) is 15.6 Å². The smallest absolute Gasteiger partial charge is 0.251 e. The van der Waals surface area contributed by atoms with Gasteiger partial charge in [-0.15, -0.1) is 11.3 Å². The maximum atomic E-state index is 12.4. The van der Waals surface area contributed by atoms with Crippen LogP contribution in [0, 0.1) is 12.8 Å². The summed E-state index contributed by atoms with van der Waals surface area (Å²) in [6.07, 6.45) is 0. The molecule has 2 N–H and O–H groups in total. The Labute approximate surface area is 156 Å². The molecule has 5 nitrogen and oxygen atoms in total. The topological polar surface area (TPSA) is 71.1 Å². The summed E-state index contributed by atoms with van der Waals surface area (Å²) in [4.78, 5) is 28.3. The predicted octanol–water partition coefficient (Wildman–Crippen LogP) is 3.25. The predicted molar refractivity (Wildman–Crippen MR) is 103 cm³/mol. The average molecular weight is 378 g/mol. The van der Waals surface area contributed by atoms with Gasteiger partial charge < -0.3 is 10.6 Å². The molecule has 7 heteroatoms. The number of benzene rings is 1. The lowest BCUT2D eigenvalue weighted by molar-refractivity contribution is -0.123. The number of rotatable bonds is 8. The van der Waals surface area contributed by atoms with Crippen molar-refractivity contribution in [3.05, 3.63) is 46.5 Å². The van der Waals surface area contributed by atoms with Gasteiger partial charge in [-0.2, -0.15) is 0 Å². The Balaban J connectivity index is 1.88. The fraction of sp³-hybridized carbons (Fsp3) is 0.389. The summed E-state index contributed by atoms with van der Waals surface area (Å²) in [6, 6.07) is 7.58. The van der Waals surface area contributed by atoms with Gasteiger partial charge in [0.25, 0.3) is 5.91 Å². The average Bonchev–Trinajstić information content (AvgIpc) is 3.02. The molecule has 0 atom stereocenters. The maximum absolute atomic E-state index is 12.4. The van der Waals surface area contributed by atoms with Crippen LogP contribution in [0.2, 0.25) is 0 Å². The fourth-order valence-electron chi connectivity index (χ4n) is 2.07. The quantitative estimate of drug-likeness (QED) is 0.547. The second kappa shape index (κ2) is 9.58. The second-order valence-corrected chi connectivity index (χ2v) is 7.98. The Morgan fingerprint density at radius 1 is 1.20 bits per heavy atom. The summed E-state index contributed by atoms with van der Waals surface area (Å²) < 4.78 is 1.00. The van der Waals surface area contributed by atoms with E-state index in [0.29, 0.717) is 24.4 Å². The molecule has 0 unspecified atom stereocenters. The highest BCUT2D eigenvalue weighted by molar-refractivity contribution is 8.00. The van der Waals surface area contributed by atoms with Gasteiger partial charge in [-0.1, -0.05) is 43.8 Å². The zero-order valence-electron chi connectivity index (χ0n) is 14.7. The van der Waals surface area contributed by atoms with E-state index in [2.05, 4.69) is 15.6 Å². The number of thioether (sulfide) groups is 1. The molecule has 0 aliphatic heterocycles. The summed E-state index contributed by atoms with van der Waals surface area (Å²) in [6.45, 7) is 6.49. The summed E-state index contributed by atoms with van der Waals surface area (Å²) in [5.41, 5.74) is 2.66. The number of amides is 2. The molecule has 134 valence electrons. The van der Waals surface area contributed by atoms with Crippen molar-refractivity contribution < 1.29 is 9.59 Å². The first kappa shape index (κ1) is 19.5. The van der Waals surface area contributed by atoms with E-state index in [4.69, 9.17) is 0 Å². The number of hydrogen-bond acceptors (Lipinski definition) is 5. The van der Waals surface area contributed by atoms with E-state index >= 15 is 0 Å². The molecule has 2 rings (SSSR count). The van der Waals surface area contributed by atoms with Crippen molar-refractivity contribution in [2.45, 2.75) is 30.9 Å². The Morgan fingerprint density at radius 2 is 1.92 bits per heavy atom. The minimum Gasteiger partial charge on any atom is -0.354 e. The van der Waals surface area contributed by atoms with Crippen LogP contribution < -0.4 is 10.6 Å². The Bertz CT molecular complexity index is 729. The molecular weight excluding hydrogens is 354 g/mol. The van der Waals surface area contributed by atoms with Crippen LogP contribution in [0.5, 0.6) is 0 Å². The number of thiazole rings is 1. The monoisotopic (exact) mass is 377 g/mol. The molecule has 1 heterocycles. The number of nitrogens with zero attached hydrogens (tertiary/aromatic N) is 1. The third kappa shape index (κ3) is 6.17. The van der Waals surface area contributed by atoms with Crippen molar-refractivity contribution in [2.75, 3.05) is 13.1 Å². The summed E-state index contributed by atoms with van der Waals surface area (Å²) in [5.74, 6) is 0.513. The van der Waals surface area contributed by atoms with E-state index in [0.717, 1.165) is 15.6 Å². The van der Waals surface area contributed by atoms with E-state index in [1.165, 1.54) is 0 Å². The van der Waals surface area contributed by atoms with Gasteiger partial charge in [-0.3, -0.25) is 9.59 Å². The third-order valence-corrected chi connectivity index (χ3v) is 5.63. The van der Waals surface area contributed by atoms with Gasteiger partial charge in [0.05, 0.1) is 0 Å². The first-order valence-corrected chi connectivity index (χ1v) is 10.0. The molecule has 2 aromatic rings. The second-order valence-electron chi connectivity index (χ2n) is 5.90. The zero-order chi connectivity index (χ0) is 18.2. The normalized spacial score (nSPS) is 10.7. The lowest BCUT2D eigenvalue weighted by atomic mass is 10.1. The molecule has 1 aromatic carbocycles. The van der Waals surface area contributed by atoms with Crippen LogP contribution in [0.1, 0.15) is 35.5 Å². The van der Waals surface area contributed by atoms with E-state index < -0.39 is 0 Å². The van der Waals surface area contributed by atoms with E-state index in [9.17, 15) is 9.59 Å². The van der Waals surface area contributed by atoms with Crippen LogP contribution in [0.3, 0.4) is 0 Å². The molecule has 0 saturated heterocycles. The molecule has 25 heavy (non-hydrogen) atoms. The van der Waals surface area contributed by atoms with Crippen LogP contribution in [0.25, 0.3) is 0 Å². The summed E-state index contributed by atoms with van der Waals surface area (Å²) in [7, 11) is 0. The minimum atomic E-state index is -0.120. The van der Waals surface area contributed by atoms with Crippen molar-refractivity contribution in [3.8, 4) is 0 Å². The molecule has 2 amide bonds. The van der Waals surface area contributed by atoms with Crippen LogP contribution in [0.4, 0.5) is 0 Å². The van der Waals surface area contributed by atoms with Gasteiger partial charge in [-0.25, -0.2) is 4.98 Å². The van der Waals surface area contributed by atoms with Crippen LogP contribution >= 0.6 is 23.1 Å². The molecule has 0 bridgehead atoms. The highest BCUT2D eigenvalue weighted by atomic mass is 32.2. The largest absolute Gasteiger partial charge is 0.354 e. The molecule has 0 saturated carbocycles. The zero-order valence-corrected chi connectivity index (χ0v) is 16.3. The first-order valence-electron chi connectivity index (χ1n) is 8.16. The van der Waals surface area contributed by atoms with Crippen molar-refractivity contribution in [2.24, 2.45) is 5.92 Å². The number of carbonyl (C=O) groups is 2. The van der Waals surface area contributed by atoms with Gasteiger partial charge in [0.2, 0.25) is 5.91 Å². The Hall–Kier alpha value is -1.86. The summed E-state index contributed by atoms with van der Waals surface area (Å²) >= 11 is 3.25. The first-order chi connectivity index (χ1) is 12.0. The molecule has 0 aliphatic rings. The van der Waals surface area contributed by atoms with Gasteiger partial charge >= 0.3 is 0 Å². The molecule has 1 aromatic heterocycles. The molecule has 0 aliphatic carbocycles. The molecule has 0 fully saturated rings. The number of aryl methyl sites for hydroxylation is 1. The molecule has 0 spiro atoms. The fourth-order valence-corrected chi connectivity index (χ4v) is 3.92. The number of nitrogens with one attached hydrogen (secondary N) is 2. The summed E-state index contributed by atoms with van der Waals surface area (Å²) in [5, 5.41) is 7.67. The highest BCUT2D eigenvalue weighted by Gasteiger charge is 2.12.